The van der Waals surface area contributed by atoms with E-state index in [1.807, 2.05) is 63.3 Å². The molecule has 1 heterocycles. The summed E-state index contributed by atoms with van der Waals surface area (Å²) in [7, 11) is 0.521. The predicted molar refractivity (Wildman–Crippen MR) is 268 cm³/mol. The van der Waals surface area contributed by atoms with Crippen molar-refractivity contribution < 1.29 is 65.5 Å². The van der Waals surface area contributed by atoms with Gasteiger partial charge in [0.15, 0.2) is 20.4 Å². The highest BCUT2D eigenvalue weighted by atomic mass is 79.9. The number of allylic oxidation sites excluding steroid dienone is 3. The quantitative estimate of drug-likeness (QED) is 0.0228. The van der Waals surface area contributed by atoms with E-state index in [9.17, 15) is 14.2 Å². The van der Waals surface area contributed by atoms with Gasteiger partial charge in [0.2, 0.25) is 0 Å². The monoisotopic (exact) mass is 1100 g/mol. The Bertz CT molecular complexity index is 1710. The molecule has 1 fully saturated rings. The van der Waals surface area contributed by atoms with Gasteiger partial charge in [0, 0.05) is 27.2 Å². The van der Waals surface area contributed by atoms with Crippen LogP contribution in [0.15, 0.2) is 58.0 Å². The van der Waals surface area contributed by atoms with Gasteiger partial charge >= 0.3 is 13.6 Å². The van der Waals surface area contributed by atoms with Crippen LogP contribution in [0, 0.1) is 5.92 Å². The Balaban J connectivity index is 2.33. The first-order chi connectivity index (χ1) is 31.1. The van der Waals surface area contributed by atoms with Gasteiger partial charge < -0.3 is 51.4 Å². The zero-order valence-electron chi connectivity index (χ0n) is 41.8. The Morgan fingerprint density at radius 1 is 0.894 bits per heavy atom. The first-order valence-corrected chi connectivity index (χ1v) is 29.1. The zero-order valence-corrected chi connectivity index (χ0v) is 46.8. The molecule has 0 unspecified atom stereocenters. The molecule has 2 rings (SSSR count). The van der Waals surface area contributed by atoms with Gasteiger partial charge in [0.1, 0.15) is 36.3 Å². The number of rotatable bonds is 31. The number of methoxy groups -OCH3 is 4. The summed E-state index contributed by atoms with van der Waals surface area (Å²) < 4.78 is 79.4. The van der Waals surface area contributed by atoms with Gasteiger partial charge in [-0.1, -0.05) is 65.0 Å². The van der Waals surface area contributed by atoms with Crippen molar-refractivity contribution in [2.24, 2.45) is 5.92 Å². The molecule has 1 saturated heterocycles. The lowest BCUT2D eigenvalue weighted by Gasteiger charge is -2.46. The highest BCUT2D eigenvalue weighted by Gasteiger charge is 2.48. The average Bonchev–Trinajstić information content (AvgIpc) is 3.25. The van der Waals surface area contributed by atoms with Crippen LogP contribution in [0.2, 0.25) is 18.1 Å². The fourth-order valence-electron chi connectivity index (χ4n) is 7.20. The maximum absolute atomic E-state index is 13.8. The summed E-state index contributed by atoms with van der Waals surface area (Å²) in [6.07, 6.45) is 6.69. The van der Waals surface area contributed by atoms with E-state index in [1.54, 1.807) is 54.4 Å². The second kappa shape index (κ2) is 30.2. The third kappa shape index (κ3) is 20.0. The van der Waals surface area contributed by atoms with Crippen LogP contribution in [0.4, 0.5) is 0 Å². The van der Waals surface area contributed by atoms with Gasteiger partial charge in [-0.15, -0.1) is 0 Å². The molecule has 0 bridgehead atoms. The summed E-state index contributed by atoms with van der Waals surface area (Å²) in [6, 6.07) is 7.59. The summed E-state index contributed by atoms with van der Waals surface area (Å²) in [4.78, 5) is 26.6. The lowest BCUT2D eigenvalue weighted by molar-refractivity contribution is -0.318. The molecule has 0 amide bonds. The van der Waals surface area contributed by atoms with Crippen LogP contribution in [0.25, 0.3) is 0 Å². The number of halogens is 2. The molecule has 1 aliphatic rings. The standard InChI is InChI=1S/C48H79Br2O14PSi/c1-15-36(62-43(52)32-65(53,59-16-2)60-17-3)22-21-25-39(58-31-35-26-28-37(54-9)29-27-35)33(4)38(51)23-19-18-20-24-40(41(30-42(49)50)64-66(13,14)48(6,7)8)63-47-46(57-12)45(56-11)44(55-10)34(5)61-47/h18-20,23,26-30,33-34,36,39-41,44-47H,15-17,21-22,24-25,31-32H2,1-14H3/b20-18+,23-19+/t33-,34-,36-,39-,40-,41+,44-,45+,46+,47-/m0/s1. The molecule has 66 heavy (non-hydrogen) atoms. The van der Waals surface area contributed by atoms with Crippen molar-refractivity contribution in [3.05, 3.63) is 63.6 Å². The molecule has 0 spiro atoms. The van der Waals surface area contributed by atoms with Gasteiger partial charge in [0.25, 0.3) is 0 Å². The SMILES string of the molecule is CCOP(=O)(CC(=O)O[C@@H](CC)CCC[C@H](OCc1ccc(OC)cc1)[C@@H](C)C(=O)/C=C/C=C/C[C@H](O[C@@H]1O[C@@H](C)[C@H](OC)[C@@H](OC)[C@H]1OC)[C@@H](C=C(Br)Br)O[Si](C)(C)C(C)(C)C)OCC. The molecule has 0 N–H and O–H groups in total. The van der Waals surface area contributed by atoms with Gasteiger partial charge in [-0.25, -0.2) is 0 Å². The van der Waals surface area contributed by atoms with Crippen LogP contribution in [-0.2, 0) is 67.4 Å². The Morgan fingerprint density at radius 2 is 1.52 bits per heavy atom. The zero-order chi connectivity index (χ0) is 49.7. The Labute approximate surface area is 413 Å². The van der Waals surface area contributed by atoms with Crippen molar-refractivity contribution >= 4 is 59.5 Å². The topological polar surface area (TPSA) is 153 Å². The summed E-state index contributed by atoms with van der Waals surface area (Å²) >= 11 is 7.13. The molecule has 18 heteroatoms. The maximum Gasteiger partial charge on any atom is 0.341 e. The lowest BCUT2D eigenvalue weighted by Crippen LogP contribution is -2.60. The van der Waals surface area contributed by atoms with E-state index in [1.165, 1.54) is 0 Å². The number of carbonyl (C=O) groups excluding carboxylic acids is 2. The molecule has 14 nitrogen and oxygen atoms in total. The fraction of sp³-hybridized carbons (Fsp3) is 0.708. The molecule has 1 aromatic rings. The smallest absolute Gasteiger partial charge is 0.341 e. The lowest BCUT2D eigenvalue weighted by atomic mass is 9.94. The second-order valence-electron chi connectivity index (χ2n) is 17.8. The minimum Gasteiger partial charge on any atom is -0.497 e. The van der Waals surface area contributed by atoms with Crippen molar-refractivity contribution in [2.45, 2.75) is 167 Å². The molecule has 0 aromatic heterocycles. The van der Waals surface area contributed by atoms with Crippen LogP contribution in [0.1, 0.15) is 93.1 Å². The highest BCUT2D eigenvalue weighted by molar-refractivity contribution is 9.28. The van der Waals surface area contributed by atoms with Crippen LogP contribution in [-0.4, -0.2) is 123 Å². The van der Waals surface area contributed by atoms with E-state index in [0.717, 1.165) is 11.3 Å². The second-order valence-corrected chi connectivity index (χ2v) is 27.3. The normalized spacial score (nSPS) is 21.9. The van der Waals surface area contributed by atoms with E-state index in [-0.39, 0.29) is 42.9 Å². The molecule has 0 radical (unpaired) electrons. The van der Waals surface area contributed by atoms with Crippen molar-refractivity contribution in [2.75, 3.05) is 47.8 Å². The summed E-state index contributed by atoms with van der Waals surface area (Å²) in [5.74, 6) is -0.513. The van der Waals surface area contributed by atoms with Crippen LogP contribution in [0.5, 0.6) is 5.75 Å². The first-order valence-electron chi connectivity index (χ1n) is 22.9. The Hall–Kier alpha value is -1.57. The number of hydrogen-bond donors (Lipinski definition) is 0. The van der Waals surface area contributed by atoms with Gasteiger partial charge in [-0.2, -0.15) is 0 Å². The van der Waals surface area contributed by atoms with Gasteiger partial charge in [-0.3, -0.25) is 14.2 Å². The molecule has 10 atom stereocenters. The molecule has 378 valence electrons. The average molecular weight is 1100 g/mol. The van der Waals surface area contributed by atoms with Crippen molar-refractivity contribution in [3.63, 3.8) is 0 Å². The van der Waals surface area contributed by atoms with Gasteiger partial charge in [-0.05, 0) is 133 Å². The summed E-state index contributed by atoms with van der Waals surface area (Å²) in [5.41, 5.74) is 0.933. The summed E-state index contributed by atoms with van der Waals surface area (Å²) in [5, 5.41) is -0.0859. The Kier molecular flexibility index (Phi) is 27.7. The maximum atomic E-state index is 13.8. The van der Waals surface area contributed by atoms with Crippen LogP contribution in [0.3, 0.4) is 0 Å². The predicted octanol–water partition coefficient (Wildman–Crippen LogP) is 11.2. The minimum absolute atomic E-state index is 0.0859. The largest absolute Gasteiger partial charge is 0.497 e. The highest BCUT2D eigenvalue weighted by Crippen LogP contribution is 2.48. The third-order valence-electron chi connectivity index (χ3n) is 12.0. The molecule has 0 aliphatic carbocycles. The molecule has 0 saturated carbocycles. The van der Waals surface area contributed by atoms with E-state index in [4.69, 9.17) is 51.4 Å². The third-order valence-corrected chi connectivity index (χ3v) is 18.9. The number of esters is 1. The number of hydrogen-bond acceptors (Lipinski definition) is 14. The summed E-state index contributed by atoms with van der Waals surface area (Å²) in [6.45, 7) is 20.6. The van der Waals surface area contributed by atoms with Gasteiger partial charge in [0.05, 0.1) is 54.7 Å². The molecule has 1 aliphatic heterocycles. The fourth-order valence-corrected chi connectivity index (χ4v) is 10.4. The molecular weight excluding hydrogens is 1020 g/mol. The number of benzene rings is 1. The van der Waals surface area contributed by atoms with Crippen molar-refractivity contribution in [3.8, 4) is 5.75 Å². The molecular formula is C48H79Br2O14PSi. The number of ether oxygens (including phenoxy) is 8. The van der Waals surface area contributed by atoms with E-state index in [2.05, 4.69) is 65.7 Å². The Morgan fingerprint density at radius 3 is 2.05 bits per heavy atom. The molecule has 1 aromatic carbocycles. The minimum atomic E-state index is -3.60. The van der Waals surface area contributed by atoms with E-state index < -0.39 is 76.9 Å². The number of carbonyl (C=O) groups is 2. The van der Waals surface area contributed by atoms with Crippen LogP contribution >= 0.6 is 39.5 Å². The van der Waals surface area contributed by atoms with E-state index >= 15 is 0 Å². The van der Waals surface area contributed by atoms with E-state index in [0.29, 0.717) is 35.5 Å². The first kappa shape index (κ1) is 60.5. The van der Waals surface area contributed by atoms with Crippen LogP contribution < -0.4 is 4.74 Å². The van der Waals surface area contributed by atoms with Crippen molar-refractivity contribution in [1.82, 2.24) is 0 Å². The van der Waals surface area contributed by atoms with Crippen molar-refractivity contribution in [1.29, 1.82) is 0 Å². The number of ketones is 1.